The van der Waals surface area contributed by atoms with Crippen LogP contribution in [0, 0.1) is 11.8 Å². The molecule has 1 saturated heterocycles. The van der Waals surface area contributed by atoms with Crippen LogP contribution in [0.3, 0.4) is 0 Å². The number of benzene rings is 1. The van der Waals surface area contributed by atoms with E-state index in [4.69, 9.17) is 4.74 Å². The predicted octanol–water partition coefficient (Wildman–Crippen LogP) is 3.43. The fourth-order valence-electron chi connectivity index (χ4n) is 2.70. The molecule has 7 heteroatoms. The summed E-state index contributed by atoms with van der Waals surface area (Å²) >= 11 is 0. The van der Waals surface area contributed by atoms with Gasteiger partial charge in [0.05, 0.1) is 8.07 Å². The Balaban J connectivity index is 2.05. The average Bonchev–Trinajstić information content (AvgIpc) is 2.88. The zero-order valence-electron chi connectivity index (χ0n) is 13.6. The van der Waals surface area contributed by atoms with Crippen LogP contribution in [0.2, 0.25) is 19.6 Å². The van der Waals surface area contributed by atoms with Gasteiger partial charge in [-0.05, 0) is 22.9 Å². The van der Waals surface area contributed by atoms with Crippen molar-refractivity contribution in [1.29, 1.82) is 0 Å². The number of rotatable bonds is 3. The summed E-state index contributed by atoms with van der Waals surface area (Å²) in [5.41, 5.74) is 0.728. The number of hydrogen-bond acceptors (Lipinski definition) is 3. The Labute approximate surface area is 139 Å². The molecule has 2 heterocycles. The molecule has 0 radical (unpaired) electrons. The third-order valence-electron chi connectivity index (χ3n) is 4.05. The minimum absolute atomic E-state index is 0.259. The number of aromatic nitrogens is 1. The molecule has 1 aromatic heterocycles. The van der Waals surface area contributed by atoms with Gasteiger partial charge in [0.25, 0.3) is 0 Å². The predicted molar refractivity (Wildman–Crippen MR) is 88.7 cm³/mol. The van der Waals surface area contributed by atoms with Crippen molar-refractivity contribution in [3.8, 4) is 0 Å². The van der Waals surface area contributed by atoms with Crippen molar-refractivity contribution in [2.24, 2.45) is 0 Å². The van der Waals surface area contributed by atoms with Crippen molar-refractivity contribution < 1.29 is 18.3 Å². The lowest BCUT2D eigenvalue weighted by Gasteiger charge is -2.21. The first kappa shape index (κ1) is 16.6. The molecular weight excluding hydrogens is 330 g/mol. The summed E-state index contributed by atoms with van der Waals surface area (Å²) in [5.74, 6) is -1.10. The van der Waals surface area contributed by atoms with Crippen LogP contribution in [0.15, 0.2) is 36.5 Å². The highest BCUT2D eigenvalue weighted by atomic mass is 28.3. The maximum Gasteiger partial charge on any atom is 0.408 e. The van der Waals surface area contributed by atoms with Crippen LogP contribution >= 0.6 is 0 Å². The minimum atomic E-state index is -1.71. The number of ether oxygens (including phenoxy) is 1. The number of cyclic esters (lactones) is 1. The molecule has 126 valence electrons. The number of amides is 1. The highest BCUT2D eigenvalue weighted by Gasteiger charge is 2.39. The lowest BCUT2D eigenvalue weighted by atomic mass is 9.97. The highest BCUT2D eigenvalue weighted by Crippen LogP contribution is 2.37. The van der Waals surface area contributed by atoms with Crippen LogP contribution in [0.25, 0.3) is 0 Å². The molecular formula is C17H18F2N2O2Si. The number of nitrogens with one attached hydrogen (secondary N) is 1. The van der Waals surface area contributed by atoms with Gasteiger partial charge in [-0.1, -0.05) is 37.8 Å². The first-order chi connectivity index (χ1) is 11.3. The second-order valence-corrected chi connectivity index (χ2v) is 11.9. The van der Waals surface area contributed by atoms with Gasteiger partial charge in [-0.15, -0.1) is 0 Å². The van der Waals surface area contributed by atoms with Crippen molar-refractivity contribution in [2.75, 3.05) is 0 Å². The zero-order chi connectivity index (χ0) is 17.5. The lowest BCUT2D eigenvalue weighted by molar-refractivity contribution is 0.131. The number of hydrogen-bond donors (Lipinski definition) is 1. The molecule has 1 N–H and O–H groups in total. The number of halogens is 2. The molecule has 0 bridgehead atoms. The molecule has 1 amide bonds. The highest BCUT2D eigenvalue weighted by molar-refractivity contribution is 6.88. The fourth-order valence-corrected chi connectivity index (χ4v) is 3.74. The van der Waals surface area contributed by atoms with Gasteiger partial charge in [-0.25, -0.2) is 14.2 Å². The normalized spacial score (nSPS) is 20.6. The molecule has 0 aliphatic carbocycles. The molecule has 1 aliphatic rings. The molecule has 0 saturated carbocycles. The Morgan fingerprint density at radius 2 is 1.96 bits per heavy atom. The summed E-state index contributed by atoms with van der Waals surface area (Å²) in [7, 11) is -1.71. The molecule has 4 nitrogen and oxygen atoms in total. The van der Waals surface area contributed by atoms with Crippen molar-refractivity contribution in [3.05, 3.63) is 59.4 Å². The summed E-state index contributed by atoms with van der Waals surface area (Å²) in [6.45, 7) is 6.37. The summed E-state index contributed by atoms with van der Waals surface area (Å²) in [5, 5.41) is 3.58. The first-order valence-electron chi connectivity index (χ1n) is 7.64. The van der Waals surface area contributed by atoms with Crippen molar-refractivity contribution >= 4 is 19.4 Å². The smallest absolute Gasteiger partial charge is 0.408 e. The monoisotopic (exact) mass is 348 g/mol. The third-order valence-corrected chi connectivity index (χ3v) is 6.06. The molecule has 1 aromatic carbocycles. The van der Waals surface area contributed by atoms with Crippen molar-refractivity contribution in [3.63, 3.8) is 0 Å². The zero-order valence-corrected chi connectivity index (χ0v) is 14.6. The number of carbonyl (C=O) groups is 1. The van der Waals surface area contributed by atoms with Crippen molar-refractivity contribution in [1.82, 2.24) is 10.3 Å². The topological polar surface area (TPSA) is 51.2 Å². The van der Waals surface area contributed by atoms with Crippen LogP contribution in [0.1, 0.15) is 23.3 Å². The maximum atomic E-state index is 14.3. The van der Waals surface area contributed by atoms with Gasteiger partial charge in [-0.3, -0.25) is 0 Å². The minimum Gasteiger partial charge on any atom is -0.439 e. The second kappa shape index (κ2) is 5.97. The second-order valence-electron chi connectivity index (χ2n) is 6.86. The Morgan fingerprint density at radius 1 is 1.21 bits per heavy atom. The molecule has 1 fully saturated rings. The molecule has 24 heavy (non-hydrogen) atoms. The largest absolute Gasteiger partial charge is 0.439 e. The summed E-state index contributed by atoms with van der Waals surface area (Å²) in [6.07, 6.45) is 0.0771. The molecule has 2 aromatic rings. The van der Waals surface area contributed by atoms with Crippen LogP contribution in [-0.2, 0) is 4.74 Å². The van der Waals surface area contributed by atoms with E-state index in [9.17, 15) is 13.6 Å². The molecule has 0 spiro atoms. The Bertz CT molecular complexity index is 792. The van der Waals surface area contributed by atoms with E-state index in [-0.39, 0.29) is 5.56 Å². The number of alkyl carbamates (subject to hydrolysis) is 1. The van der Waals surface area contributed by atoms with E-state index < -0.39 is 38.1 Å². The number of pyridine rings is 1. The lowest BCUT2D eigenvalue weighted by Crippen LogP contribution is -2.39. The van der Waals surface area contributed by atoms with E-state index in [0.717, 1.165) is 5.19 Å². The van der Waals surface area contributed by atoms with Gasteiger partial charge in [0, 0.05) is 11.8 Å². The van der Waals surface area contributed by atoms with E-state index >= 15 is 0 Å². The van der Waals surface area contributed by atoms with E-state index in [1.807, 2.05) is 0 Å². The molecule has 3 rings (SSSR count). The van der Waals surface area contributed by atoms with Gasteiger partial charge in [0.15, 0.2) is 6.10 Å². The Morgan fingerprint density at radius 3 is 2.62 bits per heavy atom. The molecule has 0 unspecified atom stereocenters. The average molecular weight is 348 g/mol. The van der Waals surface area contributed by atoms with Gasteiger partial charge in [0.2, 0.25) is 5.95 Å². The Kier molecular flexibility index (Phi) is 4.12. The van der Waals surface area contributed by atoms with Crippen LogP contribution in [-0.4, -0.2) is 19.2 Å². The molecule has 1 aliphatic heterocycles. The van der Waals surface area contributed by atoms with Crippen LogP contribution in [0.5, 0.6) is 0 Å². The van der Waals surface area contributed by atoms with Crippen LogP contribution in [0.4, 0.5) is 13.6 Å². The Hall–Kier alpha value is -2.28. The van der Waals surface area contributed by atoms with E-state index in [0.29, 0.717) is 5.56 Å². The van der Waals surface area contributed by atoms with E-state index in [1.54, 1.807) is 18.3 Å². The molecule has 2 atom stereocenters. The summed E-state index contributed by atoms with van der Waals surface area (Å²) < 4.78 is 33.1. The quantitative estimate of drug-likeness (QED) is 0.683. The van der Waals surface area contributed by atoms with Crippen LogP contribution < -0.4 is 10.5 Å². The number of nitrogens with zero attached hydrogens (tertiary/aromatic N) is 1. The fraction of sp³-hybridized carbons (Fsp3) is 0.294. The van der Waals surface area contributed by atoms with Gasteiger partial charge >= 0.3 is 6.09 Å². The van der Waals surface area contributed by atoms with Gasteiger partial charge < -0.3 is 10.1 Å². The van der Waals surface area contributed by atoms with Crippen molar-refractivity contribution in [2.45, 2.75) is 31.8 Å². The van der Waals surface area contributed by atoms with E-state index in [2.05, 4.69) is 29.9 Å². The van der Waals surface area contributed by atoms with Gasteiger partial charge in [0.1, 0.15) is 11.9 Å². The first-order valence-corrected chi connectivity index (χ1v) is 11.1. The third kappa shape index (κ3) is 3.16. The summed E-state index contributed by atoms with van der Waals surface area (Å²) in [4.78, 5) is 15.6. The standard InChI is InChI=1S/C17H18F2N2O2Si/c1-24(2,3)12-8-13(16(19)20-9-12)14-15(23-17(22)21-14)10-5-4-6-11(18)7-10/h4-9,14-15H,1-3H3,(H,21,22)/t14-,15-/m1/s1. The SMILES string of the molecule is C[Si](C)(C)c1cnc(F)c([C@H]2NC(=O)O[C@@H]2c2cccc(F)c2)c1. The van der Waals surface area contributed by atoms with Gasteiger partial charge in [-0.2, -0.15) is 4.39 Å². The van der Waals surface area contributed by atoms with E-state index in [1.165, 1.54) is 18.2 Å². The summed E-state index contributed by atoms with van der Waals surface area (Å²) in [6, 6.07) is 6.75. The maximum absolute atomic E-state index is 14.3. The number of carbonyl (C=O) groups excluding carboxylic acids is 1.